The lowest BCUT2D eigenvalue weighted by molar-refractivity contribution is 0.206. The first-order chi connectivity index (χ1) is 14.3. The Bertz CT molecular complexity index is 1050. The number of halogens is 1. The fourth-order valence-corrected chi connectivity index (χ4v) is 4.53. The number of rotatable bonds is 5. The first kappa shape index (κ1) is 18.1. The molecule has 1 unspecified atom stereocenters. The van der Waals surface area contributed by atoms with Gasteiger partial charge in [-0.1, -0.05) is 54.6 Å². The summed E-state index contributed by atoms with van der Waals surface area (Å²) in [7, 11) is 0. The summed E-state index contributed by atoms with van der Waals surface area (Å²) >= 11 is 0. The van der Waals surface area contributed by atoms with Crippen LogP contribution in [0.3, 0.4) is 0 Å². The Hall–Kier alpha value is -2.94. The molecule has 0 N–H and O–H groups in total. The SMILES string of the molecule is Fc1ccccc1CC1C=CC(OCc2ccccc2)=C2N=C3CCCCC3=C21. The minimum absolute atomic E-state index is 0.133. The van der Waals surface area contributed by atoms with Gasteiger partial charge < -0.3 is 4.74 Å². The van der Waals surface area contributed by atoms with Crippen LogP contribution in [0.25, 0.3) is 0 Å². The van der Waals surface area contributed by atoms with Crippen LogP contribution in [0, 0.1) is 11.7 Å². The van der Waals surface area contributed by atoms with Crippen LogP contribution in [0.1, 0.15) is 36.8 Å². The largest absolute Gasteiger partial charge is 0.487 e. The molecular formula is C26H24FNO. The van der Waals surface area contributed by atoms with Crippen LogP contribution in [0.5, 0.6) is 0 Å². The minimum Gasteiger partial charge on any atom is -0.487 e. The fraction of sp³-hybridized carbons (Fsp3) is 0.269. The smallest absolute Gasteiger partial charge is 0.145 e. The van der Waals surface area contributed by atoms with Crippen LogP contribution < -0.4 is 0 Å². The fourth-order valence-electron chi connectivity index (χ4n) is 4.53. The van der Waals surface area contributed by atoms with Crippen LogP contribution in [-0.2, 0) is 17.8 Å². The number of allylic oxidation sites excluding steroid dienone is 4. The van der Waals surface area contributed by atoms with E-state index in [-0.39, 0.29) is 11.7 Å². The van der Waals surface area contributed by atoms with Crippen molar-refractivity contribution in [3.63, 3.8) is 0 Å². The van der Waals surface area contributed by atoms with Gasteiger partial charge in [0.25, 0.3) is 0 Å². The molecule has 3 heteroatoms. The molecule has 2 aliphatic carbocycles. The maximum Gasteiger partial charge on any atom is 0.145 e. The number of hydrogen-bond acceptors (Lipinski definition) is 2. The van der Waals surface area contributed by atoms with Gasteiger partial charge in [0.05, 0.1) is 0 Å². The highest BCUT2D eigenvalue weighted by Crippen LogP contribution is 2.43. The Morgan fingerprint density at radius 3 is 2.62 bits per heavy atom. The van der Waals surface area contributed by atoms with E-state index in [1.54, 1.807) is 12.1 Å². The number of ether oxygens (including phenoxy) is 1. The van der Waals surface area contributed by atoms with Gasteiger partial charge in [0.1, 0.15) is 23.9 Å². The van der Waals surface area contributed by atoms with Gasteiger partial charge in [-0.05, 0) is 66.5 Å². The molecule has 0 radical (unpaired) electrons. The summed E-state index contributed by atoms with van der Waals surface area (Å²) in [5.41, 5.74) is 6.71. The van der Waals surface area contributed by atoms with E-state index in [2.05, 4.69) is 18.2 Å². The molecule has 1 fully saturated rings. The molecule has 3 aliphatic rings. The first-order valence-corrected chi connectivity index (χ1v) is 10.4. The third-order valence-electron chi connectivity index (χ3n) is 5.98. The van der Waals surface area contributed by atoms with Crippen molar-refractivity contribution < 1.29 is 9.13 Å². The van der Waals surface area contributed by atoms with Crippen LogP contribution >= 0.6 is 0 Å². The van der Waals surface area contributed by atoms with Crippen molar-refractivity contribution in [1.29, 1.82) is 0 Å². The van der Waals surface area contributed by atoms with Crippen molar-refractivity contribution in [3.8, 4) is 0 Å². The van der Waals surface area contributed by atoms with Crippen molar-refractivity contribution in [3.05, 3.63) is 106 Å². The molecule has 0 aromatic heterocycles. The second-order valence-corrected chi connectivity index (χ2v) is 7.91. The average molecular weight is 385 g/mol. The second-order valence-electron chi connectivity index (χ2n) is 7.91. The highest BCUT2D eigenvalue weighted by molar-refractivity contribution is 6.05. The standard InChI is InChI=1S/C26H24FNO/c27-22-12-6-4-10-19(22)16-20-14-15-24(29-17-18-8-2-1-3-9-18)26-25(20)21-11-5-7-13-23(21)28-26/h1-4,6,8-10,12,14-15,20H,5,7,11,13,16-17H2. The maximum absolute atomic E-state index is 14.3. The Kier molecular flexibility index (Phi) is 4.89. The van der Waals surface area contributed by atoms with Gasteiger partial charge in [0, 0.05) is 11.6 Å². The van der Waals surface area contributed by atoms with E-state index in [0.29, 0.717) is 13.0 Å². The van der Waals surface area contributed by atoms with E-state index in [1.807, 2.05) is 36.4 Å². The Balaban J connectivity index is 1.47. The zero-order valence-electron chi connectivity index (χ0n) is 16.4. The molecule has 0 spiro atoms. The van der Waals surface area contributed by atoms with Crippen LogP contribution in [-0.4, -0.2) is 5.71 Å². The summed E-state index contributed by atoms with van der Waals surface area (Å²) in [6.07, 6.45) is 9.34. The molecule has 5 rings (SSSR count). The van der Waals surface area contributed by atoms with Crippen molar-refractivity contribution in [2.45, 2.75) is 38.7 Å². The number of fused-ring (bicyclic) bond motifs is 2. The summed E-state index contributed by atoms with van der Waals surface area (Å²) in [6, 6.07) is 17.3. The molecule has 29 heavy (non-hydrogen) atoms. The number of benzene rings is 2. The second kappa shape index (κ2) is 7.82. The van der Waals surface area contributed by atoms with E-state index < -0.39 is 0 Å². The molecule has 1 aliphatic heterocycles. The van der Waals surface area contributed by atoms with Crippen LogP contribution in [0.15, 0.2) is 94.3 Å². The summed E-state index contributed by atoms with van der Waals surface area (Å²) in [6.45, 7) is 0.523. The van der Waals surface area contributed by atoms with Gasteiger partial charge in [-0.2, -0.15) is 0 Å². The molecule has 2 aromatic rings. The first-order valence-electron chi connectivity index (χ1n) is 10.4. The number of hydrogen-bond donors (Lipinski definition) is 0. The molecule has 1 saturated carbocycles. The predicted molar refractivity (Wildman–Crippen MR) is 114 cm³/mol. The van der Waals surface area contributed by atoms with Gasteiger partial charge in [-0.25, -0.2) is 9.38 Å². The van der Waals surface area contributed by atoms with E-state index >= 15 is 0 Å². The van der Waals surface area contributed by atoms with E-state index in [1.165, 1.54) is 29.7 Å². The van der Waals surface area contributed by atoms with Gasteiger partial charge in [0.15, 0.2) is 0 Å². The zero-order chi connectivity index (χ0) is 19.6. The van der Waals surface area contributed by atoms with Gasteiger partial charge in [0.2, 0.25) is 0 Å². The average Bonchev–Trinajstić information content (AvgIpc) is 3.16. The molecule has 2 aromatic carbocycles. The monoisotopic (exact) mass is 385 g/mol. The molecule has 146 valence electrons. The molecule has 2 nitrogen and oxygen atoms in total. The number of nitrogens with zero attached hydrogens (tertiary/aromatic N) is 1. The van der Waals surface area contributed by atoms with Gasteiger partial charge in [-0.15, -0.1) is 0 Å². The van der Waals surface area contributed by atoms with Gasteiger partial charge >= 0.3 is 0 Å². The summed E-state index contributed by atoms with van der Waals surface area (Å²) in [5.74, 6) is 0.842. The predicted octanol–water partition coefficient (Wildman–Crippen LogP) is 6.31. The Morgan fingerprint density at radius 1 is 0.966 bits per heavy atom. The summed E-state index contributed by atoms with van der Waals surface area (Å²) < 4.78 is 20.5. The lowest BCUT2D eigenvalue weighted by Crippen LogP contribution is -2.15. The molecule has 1 heterocycles. The lowest BCUT2D eigenvalue weighted by Gasteiger charge is -2.24. The molecule has 0 saturated heterocycles. The molecular weight excluding hydrogens is 361 g/mol. The van der Waals surface area contributed by atoms with E-state index in [0.717, 1.165) is 35.4 Å². The summed E-state index contributed by atoms with van der Waals surface area (Å²) in [5, 5.41) is 0. The summed E-state index contributed by atoms with van der Waals surface area (Å²) in [4.78, 5) is 4.99. The lowest BCUT2D eigenvalue weighted by atomic mass is 9.80. The van der Waals surface area contributed by atoms with Crippen molar-refractivity contribution in [2.24, 2.45) is 10.9 Å². The van der Waals surface area contributed by atoms with Crippen LogP contribution in [0.4, 0.5) is 4.39 Å². The van der Waals surface area contributed by atoms with E-state index in [4.69, 9.17) is 9.73 Å². The van der Waals surface area contributed by atoms with E-state index in [9.17, 15) is 4.39 Å². The highest BCUT2D eigenvalue weighted by Gasteiger charge is 2.34. The van der Waals surface area contributed by atoms with Crippen molar-refractivity contribution >= 4 is 5.71 Å². The maximum atomic E-state index is 14.3. The number of aliphatic imine (C=N–C) groups is 1. The van der Waals surface area contributed by atoms with Gasteiger partial charge in [-0.3, -0.25) is 0 Å². The topological polar surface area (TPSA) is 21.6 Å². The normalized spacial score (nSPS) is 20.4. The molecule has 0 bridgehead atoms. The van der Waals surface area contributed by atoms with Crippen molar-refractivity contribution in [1.82, 2.24) is 0 Å². The Labute approximate surface area is 171 Å². The molecule has 1 atom stereocenters. The third kappa shape index (κ3) is 3.57. The Morgan fingerprint density at radius 2 is 1.76 bits per heavy atom. The zero-order valence-corrected chi connectivity index (χ0v) is 16.4. The van der Waals surface area contributed by atoms with Crippen molar-refractivity contribution in [2.75, 3.05) is 0 Å². The molecule has 0 amide bonds. The van der Waals surface area contributed by atoms with Crippen LogP contribution in [0.2, 0.25) is 0 Å². The highest BCUT2D eigenvalue weighted by atomic mass is 19.1. The third-order valence-corrected chi connectivity index (χ3v) is 5.98. The minimum atomic E-state index is -0.133. The quantitative estimate of drug-likeness (QED) is 0.591.